The first-order valence-electron chi connectivity index (χ1n) is 10.3. The van der Waals surface area contributed by atoms with Crippen molar-refractivity contribution in [3.63, 3.8) is 0 Å². The van der Waals surface area contributed by atoms with Crippen molar-refractivity contribution in [3.05, 3.63) is 59.7 Å². The predicted molar refractivity (Wildman–Crippen MR) is 123 cm³/mol. The molecule has 0 bridgehead atoms. The Labute approximate surface area is 177 Å². The van der Waals surface area contributed by atoms with Gasteiger partial charge in [-0.15, -0.1) is 0 Å². The lowest BCUT2D eigenvalue weighted by Crippen LogP contribution is -2.38. The molecule has 4 heteroatoms. The molecule has 0 aliphatic rings. The number of likely N-dealkylation sites (N-methyl/N-ethyl adjacent to an activating group) is 2. The number of benzene rings is 2. The summed E-state index contributed by atoms with van der Waals surface area (Å²) >= 11 is 0. The summed E-state index contributed by atoms with van der Waals surface area (Å²) in [6.07, 6.45) is 2.20. The summed E-state index contributed by atoms with van der Waals surface area (Å²) in [6.45, 7) is 5.55. The predicted octanol–water partition coefficient (Wildman–Crippen LogP) is 4.42. The van der Waals surface area contributed by atoms with Crippen LogP contribution in [-0.4, -0.2) is 77.6 Å². The number of ether oxygens (including phenoxy) is 2. The molecule has 29 heavy (non-hydrogen) atoms. The van der Waals surface area contributed by atoms with Crippen LogP contribution in [0.3, 0.4) is 0 Å². The number of hydrogen-bond donors (Lipinski definition) is 0. The third-order valence-corrected chi connectivity index (χ3v) is 4.63. The molecule has 0 N–H and O–H groups in total. The molecule has 2 aromatic carbocycles. The standard InChI is InChI=1S/C25H38N2O2/c1-21(23-10-14-25(15-11-23)29-19-17-27(5,6)7)20-22-8-12-24(13-9-22)28-18-16-26(2,3)4/h8-15,20H,16-19H2,1-7H3/q+2/b21-20+. The second-order valence-electron chi connectivity index (χ2n) is 9.65. The van der Waals surface area contributed by atoms with E-state index in [0.29, 0.717) is 0 Å². The van der Waals surface area contributed by atoms with Crippen LogP contribution in [-0.2, 0) is 0 Å². The summed E-state index contributed by atoms with van der Waals surface area (Å²) in [7, 11) is 13.0. The van der Waals surface area contributed by atoms with Crippen LogP contribution < -0.4 is 9.47 Å². The minimum absolute atomic E-state index is 0.723. The summed E-state index contributed by atoms with van der Waals surface area (Å²) in [5.74, 6) is 1.84. The molecule has 2 aromatic rings. The molecule has 0 spiro atoms. The maximum absolute atomic E-state index is 5.85. The fraction of sp³-hybridized carbons (Fsp3) is 0.440. The molecular formula is C25H38N2O2+2. The van der Waals surface area contributed by atoms with E-state index in [4.69, 9.17) is 9.47 Å². The van der Waals surface area contributed by atoms with E-state index in [9.17, 15) is 0 Å². The number of allylic oxidation sites excluding steroid dienone is 1. The van der Waals surface area contributed by atoms with Gasteiger partial charge < -0.3 is 18.4 Å². The zero-order valence-corrected chi connectivity index (χ0v) is 19.2. The van der Waals surface area contributed by atoms with Gasteiger partial charge in [0.05, 0.1) is 42.3 Å². The van der Waals surface area contributed by atoms with Crippen LogP contribution >= 0.6 is 0 Å². The molecule has 0 saturated carbocycles. The maximum atomic E-state index is 5.85. The van der Waals surface area contributed by atoms with E-state index < -0.39 is 0 Å². The molecular weight excluding hydrogens is 360 g/mol. The molecule has 0 heterocycles. The van der Waals surface area contributed by atoms with Crippen molar-refractivity contribution >= 4 is 11.6 Å². The van der Waals surface area contributed by atoms with Crippen LogP contribution in [0.25, 0.3) is 11.6 Å². The Morgan fingerprint density at radius 1 is 0.690 bits per heavy atom. The van der Waals surface area contributed by atoms with Crippen molar-refractivity contribution in [1.82, 2.24) is 0 Å². The number of quaternary nitrogens is 2. The van der Waals surface area contributed by atoms with Crippen LogP contribution in [0.1, 0.15) is 18.1 Å². The molecule has 2 rings (SSSR count). The third kappa shape index (κ3) is 9.16. The van der Waals surface area contributed by atoms with Crippen LogP contribution in [0.5, 0.6) is 11.5 Å². The highest BCUT2D eigenvalue weighted by Gasteiger charge is 2.07. The minimum Gasteiger partial charge on any atom is -0.488 e. The number of rotatable bonds is 10. The maximum Gasteiger partial charge on any atom is 0.137 e. The molecule has 0 radical (unpaired) electrons. The van der Waals surface area contributed by atoms with Gasteiger partial charge in [-0.1, -0.05) is 30.3 Å². The van der Waals surface area contributed by atoms with Gasteiger partial charge in [0.25, 0.3) is 0 Å². The second kappa shape index (κ2) is 9.95. The Balaban J connectivity index is 1.91. The molecule has 0 saturated heterocycles. The zero-order chi connectivity index (χ0) is 21.5. The highest BCUT2D eigenvalue weighted by Crippen LogP contribution is 2.22. The summed E-state index contributed by atoms with van der Waals surface area (Å²) in [6, 6.07) is 16.6. The van der Waals surface area contributed by atoms with Crippen LogP contribution in [0.2, 0.25) is 0 Å². The quantitative estimate of drug-likeness (QED) is 0.436. The normalized spacial score (nSPS) is 12.7. The van der Waals surface area contributed by atoms with E-state index >= 15 is 0 Å². The molecule has 0 aliphatic heterocycles. The Morgan fingerprint density at radius 2 is 1.10 bits per heavy atom. The van der Waals surface area contributed by atoms with Gasteiger partial charge in [0, 0.05) is 0 Å². The molecule has 0 aromatic heterocycles. The smallest absolute Gasteiger partial charge is 0.137 e. The Morgan fingerprint density at radius 3 is 1.52 bits per heavy atom. The molecule has 4 nitrogen and oxygen atoms in total. The lowest BCUT2D eigenvalue weighted by atomic mass is 10.0. The Bertz CT molecular complexity index is 780. The van der Waals surface area contributed by atoms with Crippen molar-refractivity contribution < 1.29 is 18.4 Å². The molecule has 0 amide bonds. The van der Waals surface area contributed by atoms with Crippen molar-refractivity contribution in [3.8, 4) is 11.5 Å². The largest absolute Gasteiger partial charge is 0.488 e. The highest BCUT2D eigenvalue weighted by molar-refractivity contribution is 5.80. The first-order valence-corrected chi connectivity index (χ1v) is 10.3. The van der Waals surface area contributed by atoms with Gasteiger partial charge in [-0.05, 0) is 47.9 Å². The van der Waals surface area contributed by atoms with Crippen LogP contribution in [0.4, 0.5) is 0 Å². The topological polar surface area (TPSA) is 18.5 Å². The van der Waals surface area contributed by atoms with Gasteiger partial charge in [0.2, 0.25) is 0 Å². The first kappa shape index (κ1) is 23.0. The zero-order valence-electron chi connectivity index (χ0n) is 19.2. The molecule has 0 aliphatic carbocycles. The molecule has 158 valence electrons. The lowest BCUT2D eigenvalue weighted by molar-refractivity contribution is -0.870. The van der Waals surface area contributed by atoms with E-state index in [1.807, 2.05) is 24.3 Å². The van der Waals surface area contributed by atoms with Gasteiger partial charge in [-0.2, -0.15) is 0 Å². The lowest BCUT2D eigenvalue weighted by Gasteiger charge is -2.23. The van der Waals surface area contributed by atoms with Gasteiger partial charge in [0.1, 0.15) is 37.8 Å². The Hall–Kier alpha value is -2.30. The fourth-order valence-corrected chi connectivity index (χ4v) is 2.68. The number of hydrogen-bond acceptors (Lipinski definition) is 2. The fourth-order valence-electron chi connectivity index (χ4n) is 2.68. The SMILES string of the molecule is C/C(=C\c1ccc(OCC[N+](C)(C)C)cc1)c1ccc(OCC[N+](C)(C)C)cc1. The van der Waals surface area contributed by atoms with Gasteiger partial charge in [-0.25, -0.2) is 0 Å². The summed E-state index contributed by atoms with van der Waals surface area (Å²) in [4.78, 5) is 0. The van der Waals surface area contributed by atoms with E-state index in [2.05, 4.69) is 79.6 Å². The van der Waals surface area contributed by atoms with Crippen molar-refractivity contribution in [2.24, 2.45) is 0 Å². The highest BCUT2D eigenvalue weighted by atomic mass is 16.5. The average molecular weight is 399 g/mol. The van der Waals surface area contributed by atoms with Crippen molar-refractivity contribution in [2.45, 2.75) is 6.92 Å². The van der Waals surface area contributed by atoms with Gasteiger partial charge >= 0.3 is 0 Å². The minimum atomic E-state index is 0.723. The van der Waals surface area contributed by atoms with Crippen molar-refractivity contribution in [1.29, 1.82) is 0 Å². The van der Waals surface area contributed by atoms with Crippen LogP contribution in [0.15, 0.2) is 48.5 Å². The Kier molecular flexibility index (Phi) is 7.88. The monoisotopic (exact) mass is 398 g/mol. The second-order valence-corrected chi connectivity index (χ2v) is 9.65. The van der Waals surface area contributed by atoms with Crippen molar-refractivity contribution in [2.75, 3.05) is 68.6 Å². The van der Waals surface area contributed by atoms with Gasteiger partial charge in [-0.3, -0.25) is 0 Å². The molecule has 0 fully saturated rings. The summed E-state index contributed by atoms with van der Waals surface area (Å²) in [5.41, 5.74) is 3.60. The molecule has 0 atom stereocenters. The molecule has 0 unspecified atom stereocenters. The van der Waals surface area contributed by atoms with E-state index in [-0.39, 0.29) is 0 Å². The summed E-state index contributed by atoms with van der Waals surface area (Å²) < 4.78 is 13.5. The number of nitrogens with zero attached hydrogens (tertiary/aromatic N) is 2. The summed E-state index contributed by atoms with van der Waals surface area (Å²) in [5, 5.41) is 0. The van der Waals surface area contributed by atoms with E-state index in [0.717, 1.165) is 46.8 Å². The first-order chi connectivity index (χ1) is 13.5. The van der Waals surface area contributed by atoms with E-state index in [1.165, 1.54) is 16.7 Å². The average Bonchev–Trinajstić information content (AvgIpc) is 2.61. The van der Waals surface area contributed by atoms with E-state index in [1.54, 1.807) is 0 Å². The third-order valence-electron chi connectivity index (χ3n) is 4.63. The van der Waals surface area contributed by atoms with Gasteiger partial charge in [0.15, 0.2) is 0 Å². The van der Waals surface area contributed by atoms with Crippen LogP contribution in [0, 0.1) is 0 Å².